The van der Waals surface area contributed by atoms with Gasteiger partial charge in [-0.25, -0.2) is 8.42 Å². The first-order valence-electron chi connectivity index (χ1n) is 5.00. The summed E-state index contributed by atoms with van der Waals surface area (Å²) >= 11 is 0. The Hall–Kier alpha value is -1.36. The predicted octanol–water partition coefficient (Wildman–Crippen LogP) is 0.961. The van der Waals surface area contributed by atoms with E-state index in [0.717, 1.165) is 0 Å². The molecule has 0 saturated carbocycles. The predicted molar refractivity (Wildman–Crippen MR) is 60.3 cm³/mol. The lowest BCUT2D eigenvalue weighted by atomic mass is 10.2. The average molecular weight is 239 g/mol. The maximum Gasteiger partial charge on any atom is 0.241 e. The Morgan fingerprint density at radius 2 is 1.75 bits per heavy atom. The van der Waals surface area contributed by atoms with E-state index in [4.69, 9.17) is 0 Å². The number of hydrogen-bond acceptors (Lipinski definition) is 3. The molecule has 1 aromatic carbocycles. The van der Waals surface area contributed by atoms with Crippen LogP contribution in [0.4, 0.5) is 0 Å². The molecular weight excluding hydrogens is 226 g/mol. The van der Waals surface area contributed by atoms with Gasteiger partial charge in [0, 0.05) is 7.05 Å². The molecule has 1 aliphatic heterocycles. The maximum atomic E-state index is 12.1. The van der Waals surface area contributed by atoms with Gasteiger partial charge >= 0.3 is 0 Å². The van der Waals surface area contributed by atoms with Gasteiger partial charge in [-0.3, -0.25) is 4.79 Å². The van der Waals surface area contributed by atoms with Gasteiger partial charge in [-0.05, 0) is 12.5 Å². The van der Waals surface area contributed by atoms with Gasteiger partial charge in [-0.2, -0.15) is 0 Å². The first kappa shape index (κ1) is 11.1. The summed E-state index contributed by atoms with van der Waals surface area (Å²) in [7, 11) is -1.91. The first-order valence-corrected chi connectivity index (χ1v) is 6.61. The number of benzene rings is 1. The van der Waals surface area contributed by atoms with E-state index < -0.39 is 20.5 Å². The van der Waals surface area contributed by atoms with Crippen LogP contribution in [0.2, 0.25) is 0 Å². The molecule has 0 bridgehead atoms. The molecule has 0 N–H and O–H groups in total. The first-order chi connectivity index (χ1) is 7.46. The van der Waals surface area contributed by atoms with E-state index in [-0.39, 0.29) is 5.91 Å². The smallest absolute Gasteiger partial charge is 0.241 e. The number of rotatable bonds is 1. The minimum atomic E-state index is -3.44. The van der Waals surface area contributed by atoms with Crippen LogP contribution in [-0.2, 0) is 14.6 Å². The van der Waals surface area contributed by atoms with Crippen LogP contribution in [0.15, 0.2) is 30.3 Å². The quantitative estimate of drug-likeness (QED) is 0.733. The second kappa shape index (κ2) is 3.59. The van der Waals surface area contributed by atoms with Crippen LogP contribution >= 0.6 is 0 Å². The molecule has 1 fully saturated rings. The van der Waals surface area contributed by atoms with E-state index in [1.807, 2.05) is 6.07 Å². The molecule has 2 rings (SSSR count). The molecule has 1 aromatic rings. The van der Waals surface area contributed by atoms with Gasteiger partial charge in [0.2, 0.25) is 5.91 Å². The molecule has 0 aliphatic carbocycles. The topological polar surface area (TPSA) is 54.5 Å². The number of sulfone groups is 1. The molecule has 5 heteroatoms. The van der Waals surface area contributed by atoms with Crippen molar-refractivity contribution in [3.05, 3.63) is 35.9 Å². The number of nitrogens with zero attached hydrogens (tertiary/aromatic N) is 1. The second-order valence-electron chi connectivity index (χ2n) is 3.94. The molecule has 16 heavy (non-hydrogen) atoms. The van der Waals surface area contributed by atoms with Gasteiger partial charge in [-0.15, -0.1) is 0 Å². The van der Waals surface area contributed by atoms with Crippen LogP contribution in [0.1, 0.15) is 17.9 Å². The van der Waals surface area contributed by atoms with E-state index in [1.54, 1.807) is 24.3 Å². The Labute approximate surface area is 94.8 Å². The van der Waals surface area contributed by atoms with Crippen molar-refractivity contribution in [1.82, 2.24) is 4.90 Å². The third-order valence-corrected chi connectivity index (χ3v) is 5.33. The summed E-state index contributed by atoms with van der Waals surface area (Å²) in [5.74, 6) is -0.339. The second-order valence-corrected chi connectivity index (χ2v) is 6.28. The number of carbonyl (C=O) groups excluding carboxylic acids is 1. The molecule has 2 atom stereocenters. The van der Waals surface area contributed by atoms with E-state index in [2.05, 4.69) is 0 Å². The van der Waals surface area contributed by atoms with Crippen LogP contribution in [-0.4, -0.2) is 31.5 Å². The fraction of sp³-hybridized carbons (Fsp3) is 0.364. The lowest BCUT2D eigenvalue weighted by molar-refractivity contribution is -0.128. The van der Waals surface area contributed by atoms with Crippen LogP contribution < -0.4 is 0 Å². The van der Waals surface area contributed by atoms with Crippen molar-refractivity contribution in [3.63, 3.8) is 0 Å². The zero-order valence-corrected chi connectivity index (χ0v) is 9.94. The van der Waals surface area contributed by atoms with E-state index >= 15 is 0 Å². The van der Waals surface area contributed by atoms with Crippen molar-refractivity contribution in [1.29, 1.82) is 0 Å². The third-order valence-electron chi connectivity index (χ3n) is 2.94. The number of hydrogen-bond donors (Lipinski definition) is 0. The lowest BCUT2D eigenvalue weighted by Gasteiger charge is -2.18. The molecule has 0 unspecified atom stereocenters. The summed E-state index contributed by atoms with van der Waals surface area (Å²) in [5.41, 5.74) is 0.641. The van der Waals surface area contributed by atoms with Crippen molar-refractivity contribution in [3.8, 4) is 0 Å². The summed E-state index contributed by atoms with van der Waals surface area (Å²) < 4.78 is 24.1. The van der Waals surface area contributed by atoms with Gasteiger partial charge in [0.15, 0.2) is 15.2 Å². The highest BCUT2D eigenvalue weighted by Gasteiger charge is 2.48. The summed E-state index contributed by atoms with van der Waals surface area (Å²) in [6.45, 7) is 1.44. The highest BCUT2D eigenvalue weighted by molar-refractivity contribution is 7.93. The zero-order valence-electron chi connectivity index (χ0n) is 9.12. The molecule has 1 saturated heterocycles. The summed E-state index contributed by atoms with van der Waals surface area (Å²) in [6.07, 6.45) is 0. The monoisotopic (exact) mass is 239 g/mol. The lowest BCUT2D eigenvalue weighted by Crippen LogP contribution is -2.25. The summed E-state index contributed by atoms with van der Waals surface area (Å²) in [4.78, 5) is 13.0. The van der Waals surface area contributed by atoms with Crippen LogP contribution in [0, 0.1) is 0 Å². The van der Waals surface area contributed by atoms with Crippen LogP contribution in [0.25, 0.3) is 0 Å². The maximum absolute atomic E-state index is 12.1. The van der Waals surface area contributed by atoms with E-state index in [0.29, 0.717) is 5.56 Å². The minimum absolute atomic E-state index is 0.339. The molecule has 4 nitrogen and oxygen atoms in total. The third kappa shape index (κ3) is 1.43. The van der Waals surface area contributed by atoms with Crippen molar-refractivity contribution < 1.29 is 13.2 Å². The fourth-order valence-electron chi connectivity index (χ4n) is 1.99. The van der Waals surface area contributed by atoms with Gasteiger partial charge in [0.25, 0.3) is 0 Å². The number of amides is 1. The Balaban J connectivity index is 2.54. The Kier molecular flexibility index (Phi) is 2.50. The molecule has 1 heterocycles. The minimum Gasteiger partial charge on any atom is -0.324 e. The summed E-state index contributed by atoms with van der Waals surface area (Å²) in [5, 5.41) is -1.78. The Bertz CT molecular complexity index is 509. The standard InChI is InChI=1S/C11H13NO3S/c1-8-10(13)12(2)11(16(8,14)15)9-6-4-3-5-7-9/h3-8,11H,1-2H3/t8-,11+/m0/s1. The SMILES string of the molecule is C[C@H]1C(=O)N(C)[C@@H](c2ccccc2)S1(=O)=O. The normalized spacial score (nSPS) is 28.4. The van der Waals surface area contributed by atoms with Crippen molar-refractivity contribution in [2.24, 2.45) is 0 Å². The molecule has 1 aliphatic rings. The van der Waals surface area contributed by atoms with E-state index in [9.17, 15) is 13.2 Å². The van der Waals surface area contributed by atoms with Gasteiger partial charge < -0.3 is 4.90 Å². The largest absolute Gasteiger partial charge is 0.324 e. The van der Waals surface area contributed by atoms with Gasteiger partial charge in [0.1, 0.15) is 5.25 Å². The van der Waals surface area contributed by atoms with Crippen molar-refractivity contribution >= 4 is 15.7 Å². The Morgan fingerprint density at radius 1 is 1.19 bits per heavy atom. The molecule has 0 spiro atoms. The Morgan fingerprint density at radius 3 is 2.19 bits per heavy atom. The van der Waals surface area contributed by atoms with Crippen molar-refractivity contribution in [2.45, 2.75) is 17.5 Å². The van der Waals surface area contributed by atoms with E-state index in [1.165, 1.54) is 18.9 Å². The van der Waals surface area contributed by atoms with Crippen LogP contribution in [0.5, 0.6) is 0 Å². The average Bonchev–Trinajstić information content (AvgIpc) is 2.41. The molecule has 86 valence electrons. The number of carbonyl (C=O) groups is 1. The van der Waals surface area contributed by atoms with Crippen LogP contribution in [0.3, 0.4) is 0 Å². The van der Waals surface area contributed by atoms with Gasteiger partial charge in [-0.1, -0.05) is 30.3 Å². The highest BCUT2D eigenvalue weighted by Crippen LogP contribution is 2.35. The molecule has 0 aromatic heterocycles. The molecule has 1 amide bonds. The fourth-order valence-corrected chi connectivity index (χ4v) is 3.90. The molecule has 0 radical (unpaired) electrons. The van der Waals surface area contributed by atoms with Crippen molar-refractivity contribution in [2.75, 3.05) is 7.05 Å². The zero-order chi connectivity index (χ0) is 11.9. The highest BCUT2D eigenvalue weighted by atomic mass is 32.2. The van der Waals surface area contributed by atoms with Gasteiger partial charge in [0.05, 0.1) is 0 Å². The summed E-state index contributed by atoms with van der Waals surface area (Å²) in [6, 6.07) is 8.81. The molecular formula is C11H13NO3S.